The molecule has 0 N–H and O–H groups in total. The smallest absolute Gasteiger partial charge is 0.417 e. The van der Waals surface area contributed by atoms with E-state index in [9.17, 15) is 19.2 Å². The molecule has 4 saturated heterocycles. The van der Waals surface area contributed by atoms with Gasteiger partial charge in [-0.05, 0) is 140 Å². The molecule has 4 amide bonds. The first-order chi connectivity index (χ1) is 35.9. The Morgan fingerprint density at radius 2 is 0.973 bits per heavy atom. The summed E-state index contributed by atoms with van der Waals surface area (Å²) in [4.78, 5) is 64.0. The monoisotopic (exact) mass is 1040 g/mol. The van der Waals surface area contributed by atoms with E-state index in [1.165, 1.54) is 24.0 Å². The summed E-state index contributed by atoms with van der Waals surface area (Å²) in [5, 5.41) is 0. The van der Waals surface area contributed by atoms with Gasteiger partial charge >= 0.3 is 12.2 Å². The number of amides is 4. The van der Waals surface area contributed by atoms with Gasteiger partial charge < -0.3 is 57.2 Å². The van der Waals surface area contributed by atoms with Crippen molar-refractivity contribution in [3.63, 3.8) is 0 Å². The van der Waals surface area contributed by atoms with Crippen LogP contribution in [-0.2, 0) is 37.9 Å². The number of hydrogen-bond donors (Lipinski definition) is 0. The van der Waals surface area contributed by atoms with Gasteiger partial charge in [-0.25, -0.2) is 19.4 Å². The van der Waals surface area contributed by atoms with Crippen LogP contribution in [-0.4, -0.2) is 148 Å². The fourth-order valence-electron chi connectivity index (χ4n) is 10.8. The number of carbonyl (C=O) groups is 4. The molecule has 0 bridgehead atoms. The van der Waals surface area contributed by atoms with Crippen molar-refractivity contribution in [1.29, 1.82) is 0 Å². The summed E-state index contributed by atoms with van der Waals surface area (Å²) >= 11 is 0. The van der Waals surface area contributed by atoms with E-state index in [0.717, 1.165) is 81.8 Å². The van der Waals surface area contributed by atoms with Crippen molar-refractivity contribution in [1.82, 2.24) is 9.80 Å². The van der Waals surface area contributed by atoms with Gasteiger partial charge in [-0.15, -0.1) is 0 Å². The Labute approximate surface area is 442 Å². The first-order valence-electron chi connectivity index (χ1n) is 27.0. The number of anilines is 2. The molecule has 18 heteroatoms. The van der Waals surface area contributed by atoms with Crippen LogP contribution in [0.25, 0.3) is 0 Å². The molecule has 0 saturated carbocycles. The third-order valence-corrected chi connectivity index (χ3v) is 14.3. The Kier molecular flexibility index (Phi) is 18.2. The van der Waals surface area contributed by atoms with Crippen LogP contribution in [0.2, 0.25) is 0 Å². The Hall–Kier alpha value is -5.24. The summed E-state index contributed by atoms with van der Waals surface area (Å²) in [7, 11) is 3.07. The minimum absolute atomic E-state index is 0.228. The van der Waals surface area contributed by atoms with Gasteiger partial charge in [-0.2, -0.15) is 0 Å². The second-order valence-corrected chi connectivity index (χ2v) is 22.3. The molecule has 4 unspecified atom stereocenters. The van der Waals surface area contributed by atoms with E-state index in [2.05, 4.69) is 13.2 Å². The summed E-state index contributed by atoms with van der Waals surface area (Å²) < 4.78 is 62.0. The Morgan fingerprint density at radius 3 is 1.32 bits per heavy atom. The molecule has 2 aromatic rings. The van der Waals surface area contributed by atoms with E-state index in [4.69, 9.17) is 47.4 Å². The zero-order valence-corrected chi connectivity index (χ0v) is 45.4. The van der Waals surface area contributed by atoms with Gasteiger partial charge in [0, 0.05) is 39.5 Å². The van der Waals surface area contributed by atoms with E-state index in [0.29, 0.717) is 62.1 Å². The second-order valence-electron chi connectivity index (χ2n) is 22.3. The molecule has 8 atom stereocenters. The predicted molar refractivity (Wildman–Crippen MR) is 280 cm³/mol. The first-order valence-corrected chi connectivity index (χ1v) is 27.0. The number of ether oxygens (including phenoxy) is 10. The van der Waals surface area contributed by atoms with Gasteiger partial charge in [0.05, 0.1) is 36.7 Å². The van der Waals surface area contributed by atoms with Crippen molar-refractivity contribution in [2.45, 2.75) is 186 Å². The average Bonchev–Trinajstić information content (AvgIpc) is 3.85. The van der Waals surface area contributed by atoms with Gasteiger partial charge in [-0.3, -0.25) is 9.59 Å². The maximum Gasteiger partial charge on any atom is 0.417 e. The van der Waals surface area contributed by atoms with Crippen molar-refractivity contribution in [2.24, 2.45) is 0 Å². The molecule has 0 radical (unpaired) electrons. The van der Waals surface area contributed by atoms with Crippen molar-refractivity contribution in [3.8, 4) is 11.5 Å². The summed E-state index contributed by atoms with van der Waals surface area (Å²) in [6.07, 6.45) is 5.57. The van der Waals surface area contributed by atoms with Crippen LogP contribution >= 0.6 is 0 Å². The van der Waals surface area contributed by atoms with E-state index in [1.807, 2.05) is 0 Å². The summed E-state index contributed by atoms with van der Waals surface area (Å²) in [6.45, 7) is 21.9. The molecule has 6 heterocycles. The molecule has 6 aliphatic heterocycles. The number of nitrogens with zero attached hydrogens (tertiary/aromatic N) is 4. The second kappa shape index (κ2) is 24.4. The van der Waals surface area contributed by atoms with E-state index >= 15 is 0 Å². The molecular formula is C57H80N4O14. The lowest BCUT2D eigenvalue weighted by molar-refractivity contribution is -0.201. The fourth-order valence-corrected chi connectivity index (χ4v) is 10.8. The van der Waals surface area contributed by atoms with Crippen molar-refractivity contribution in [2.75, 3.05) is 63.5 Å². The number of carbonyl (C=O) groups excluding carboxylic acids is 4. The van der Waals surface area contributed by atoms with Crippen LogP contribution in [0.15, 0.2) is 60.7 Å². The number of hydrogen-bond acceptors (Lipinski definition) is 14. The zero-order valence-electron chi connectivity index (χ0n) is 45.4. The lowest BCUT2D eigenvalue weighted by atomic mass is 10.1. The molecule has 2 aromatic carbocycles. The average molecular weight is 1050 g/mol. The fraction of sp³-hybridized carbons (Fsp3) is 0.649. The van der Waals surface area contributed by atoms with Gasteiger partial charge in [0.1, 0.15) is 47.0 Å². The molecular weight excluding hydrogens is 965 g/mol. The van der Waals surface area contributed by atoms with Crippen LogP contribution in [0.5, 0.6) is 11.5 Å². The highest BCUT2D eigenvalue weighted by molar-refractivity contribution is 6.07. The Morgan fingerprint density at radius 1 is 0.587 bits per heavy atom. The van der Waals surface area contributed by atoms with Gasteiger partial charge in [0.2, 0.25) is 0 Å². The number of fused-ring (bicyclic) bond motifs is 4. The van der Waals surface area contributed by atoms with Crippen molar-refractivity contribution < 1.29 is 66.5 Å². The highest BCUT2D eigenvalue weighted by Crippen LogP contribution is 2.44. The SMILES string of the molecule is C=C1CN2C(=O)c3cc(OC)ccc3N(C(=O)OC(C)(C)C)[C@@H](OC3CCCCO3)[C@@H]2C1OCCCCCCCCCOC1C(=C)CN2C(=O)c3cc(OC)ccc3N(C(=O)OC(C)(C)C)[C@@H](OC3CCCCO3)[C@H]12. The van der Waals surface area contributed by atoms with E-state index in [-0.39, 0.29) is 36.0 Å². The Bertz CT molecular complexity index is 2210. The molecule has 18 nitrogen and oxygen atoms in total. The maximum absolute atomic E-state index is 14.5. The van der Waals surface area contributed by atoms with Crippen LogP contribution in [0.4, 0.5) is 21.0 Å². The van der Waals surface area contributed by atoms with Crippen LogP contribution in [0, 0.1) is 0 Å². The summed E-state index contributed by atoms with van der Waals surface area (Å²) in [5.41, 5.74) is 1.07. The largest absolute Gasteiger partial charge is 0.497 e. The maximum atomic E-state index is 14.5. The van der Waals surface area contributed by atoms with Crippen LogP contribution in [0.1, 0.15) is 146 Å². The topological polar surface area (TPSA) is 174 Å². The number of rotatable bonds is 18. The number of benzene rings is 2. The minimum atomic E-state index is -1.00. The number of unbranched alkanes of at least 4 members (excludes halogenated alkanes) is 6. The quantitative estimate of drug-likeness (QED) is 0.102. The van der Waals surface area contributed by atoms with Gasteiger partial charge in [-0.1, -0.05) is 45.3 Å². The summed E-state index contributed by atoms with van der Waals surface area (Å²) in [5.74, 6) is 0.382. The molecule has 0 aromatic heterocycles. The highest BCUT2D eigenvalue weighted by atomic mass is 16.7. The molecule has 4 fully saturated rings. The highest BCUT2D eigenvalue weighted by Gasteiger charge is 2.55. The van der Waals surface area contributed by atoms with Crippen molar-refractivity contribution >= 4 is 35.4 Å². The van der Waals surface area contributed by atoms with E-state index in [1.54, 1.807) is 87.7 Å². The van der Waals surface area contributed by atoms with Crippen molar-refractivity contribution in [3.05, 3.63) is 71.8 Å². The normalized spacial score (nSPS) is 26.0. The number of methoxy groups -OCH3 is 2. The predicted octanol–water partition coefficient (Wildman–Crippen LogP) is 9.92. The van der Waals surface area contributed by atoms with Crippen LogP contribution in [0.3, 0.4) is 0 Å². The summed E-state index contributed by atoms with van der Waals surface area (Å²) in [6, 6.07) is 8.68. The lowest BCUT2D eigenvalue weighted by Crippen LogP contribution is -2.58. The molecule has 6 aliphatic rings. The van der Waals surface area contributed by atoms with Gasteiger partial charge in [0.15, 0.2) is 25.0 Å². The third kappa shape index (κ3) is 13.1. The molecule has 412 valence electrons. The van der Waals surface area contributed by atoms with Gasteiger partial charge in [0.25, 0.3) is 11.8 Å². The standard InChI is InChI=1S/C57H80N4O14/c1-36-34-58-46(52(72-44-22-16-20-28-68-44)60(54(64)74-56(3,4)5)42-26-24-38(66-9)32-40(42)50(58)62)48(36)70-30-18-14-12-11-13-15-19-31-71-49-37(2)35-59-47(49)53(73-45-23-17-21-29-69-45)61(55(65)75-57(6,7)8)43-27-25-39(67-10)33-41(43)51(59)63/h24-27,32-33,44-49,52-53H,1-2,11-23,28-31,34-35H2,3-10H3/t44?,45?,46-,47-,48?,49?,52-,53-/m0/s1. The zero-order chi connectivity index (χ0) is 53.6. The third-order valence-electron chi connectivity index (χ3n) is 14.3. The molecule has 8 rings (SSSR count). The lowest BCUT2D eigenvalue weighted by Gasteiger charge is -2.40. The van der Waals surface area contributed by atoms with Crippen LogP contribution < -0.4 is 19.3 Å². The molecule has 0 spiro atoms. The first kappa shape index (κ1) is 56.0. The Balaban J connectivity index is 0.873. The van der Waals surface area contributed by atoms with E-state index < -0.39 is 72.7 Å². The molecule has 0 aliphatic carbocycles. The molecule has 75 heavy (non-hydrogen) atoms. The minimum Gasteiger partial charge on any atom is -0.497 e.